The van der Waals surface area contributed by atoms with E-state index in [4.69, 9.17) is 15.0 Å². The van der Waals surface area contributed by atoms with Gasteiger partial charge < -0.3 is 50.9 Å². The number of nitrogen functional groups attached to an aromatic ring is 1. The van der Waals surface area contributed by atoms with Gasteiger partial charge in [-0.1, -0.05) is 0 Å². The third kappa shape index (κ3) is 5.91. The number of fused-ring (bicyclic) bond motifs is 1. The molecule has 2 unspecified atom stereocenters. The molecule has 0 bridgehead atoms. The molecule has 3 heterocycles. The van der Waals surface area contributed by atoms with Crippen molar-refractivity contribution in [1.82, 2.24) is 19.5 Å². The molecule has 11 atom stereocenters. The summed E-state index contributed by atoms with van der Waals surface area (Å²) in [7, 11) is -10.8. The Bertz CT molecular complexity index is 1230. The molecule has 10 N–H and O–H groups in total. The Morgan fingerprint density at radius 1 is 1.00 bits per heavy atom. The van der Waals surface area contributed by atoms with Gasteiger partial charge in [-0.25, -0.2) is 24.1 Å². The minimum absolute atomic E-state index is 0.0500. The number of rotatable bonds is 9. The summed E-state index contributed by atoms with van der Waals surface area (Å²) in [6.07, 6.45) is -11.0. The van der Waals surface area contributed by atoms with Gasteiger partial charge in [0.05, 0.1) is 25.1 Å². The van der Waals surface area contributed by atoms with Gasteiger partial charge in [0, 0.05) is 12.5 Å². The highest BCUT2D eigenvalue weighted by atomic mass is 31.3. The highest BCUT2D eigenvalue weighted by molar-refractivity contribution is 7.61. The monoisotopic (exact) mass is 587 g/mol. The highest BCUT2D eigenvalue weighted by Gasteiger charge is 2.49. The SMILES string of the molecule is Nc1ncnc2c1ncn2[C@@H]1O[C@H](COP(=O)(O)OP(=O)(O)O[C@H]2C[C@H](CO)[C@@H](O)[C@H](O)[C@H]2O)[C@@H](O)[C@H]1O. The normalized spacial score (nSPS) is 37.2. The summed E-state index contributed by atoms with van der Waals surface area (Å²) in [6, 6.07) is 0. The summed E-state index contributed by atoms with van der Waals surface area (Å²) in [5.74, 6) is -0.986. The second kappa shape index (κ2) is 11.1. The third-order valence-corrected chi connectivity index (χ3v) is 8.87. The van der Waals surface area contributed by atoms with E-state index in [1.54, 1.807) is 0 Å². The average molecular weight is 587 g/mol. The van der Waals surface area contributed by atoms with Gasteiger partial charge in [0.15, 0.2) is 17.7 Å². The first-order chi connectivity index (χ1) is 17.7. The number of aromatic nitrogens is 4. The maximum absolute atomic E-state index is 12.3. The van der Waals surface area contributed by atoms with E-state index in [0.29, 0.717) is 0 Å². The summed E-state index contributed by atoms with van der Waals surface area (Å²) in [5, 5.41) is 59.7. The highest BCUT2D eigenvalue weighted by Crippen LogP contribution is 2.61. The number of phosphoric ester groups is 2. The zero-order valence-corrected chi connectivity index (χ0v) is 21.0. The molecule has 21 heteroatoms. The summed E-state index contributed by atoms with van der Waals surface area (Å²) in [6.45, 7) is -1.56. The number of anilines is 1. The lowest BCUT2D eigenvalue weighted by atomic mass is 9.81. The number of nitrogens with two attached hydrogens (primary N) is 1. The van der Waals surface area contributed by atoms with E-state index in [1.807, 2.05) is 0 Å². The molecule has 38 heavy (non-hydrogen) atoms. The molecule has 19 nitrogen and oxygen atoms in total. The first kappa shape index (κ1) is 29.3. The molecule has 1 aliphatic carbocycles. The van der Waals surface area contributed by atoms with Gasteiger partial charge >= 0.3 is 15.6 Å². The Labute approximate surface area is 213 Å². The van der Waals surface area contributed by atoms with Crippen LogP contribution in [0.3, 0.4) is 0 Å². The van der Waals surface area contributed by atoms with Gasteiger partial charge in [-0.3, -0.25) is 13.6 Å². The predicted molar refractivity (Wildman–Crippen MR) is 120 cm³/mol. The van der Waals surface area contributed by atoms with Crippen molar-refractivity contribution in [1.29, 1.82) is 0 Å². The van der Waals surface area contributed by atoms with Crippen LogP contribution < -0.4 is 5.73 Å². The molecule has 2 aromatic rings. The number of ether oxygens (including phenoxy) is 1. The van der Waals surface area contributed by atoms with E-state index in [-0.39, 0.29) is 17.0 Å². The van der Waals surface area contributed by atoms with Crippen LogP contribution >= 0.6 is 15.6 Å². The molecule has 2 fully saturated rings. The lowest BCUT2D eigenvalue weighted by Crippen LogP contribution is -2.54. The first-order valence-corrected chi connectivity index (χ1v) is 14.0. The Morgan fingerprint density at radius 3 is 2.39 bits per heavy atom. The zero-order valence-electron chi connectivity index (χ0n) is 19.3. The molecule has 0 amide bonds. The van der Waals surface area contributed by atoms with Crippen molar-refractivity contribution >= 4 is 32.6 Å². The Balaban J connectivity index is 1.38. The van der Waals surface area contributed by atoms with Crippen LogP contribution in [0.5, 0.6) is 0 Å². The third-order valence-electron chi connectivity index (χ3n) is 6.21. The Kier molecular flexibility index (Phi) is 8.54. The van der Waals surface area contributed by atoms with Gasteiger partial charge in [0.2, 0.25) is 0 Å². The topological polar surface area (TPSA) is 303 Å². The number of aliphatic hydroxyl groups is 6. The summed E-state index contributed by atoms with van der Waals surface area (Å²) < 4.78 is 45.0. The van der Waals surface area contributed by atoms with Gasteiger partial charge in [-0.15, -0.1) is 0 Å². The van der Waals surface area contributed by atoms with Crippen LogP contribution in [0.2, 0.25) is 0 Å². The predicted octanol–water partition coefficient (Wildman–Crippen LogP) is -3.26. The smallest absolute Gasteiger partial charge is 0.396 e. The summed E-state index contributed by atoms with van der Waals surface area (Å²) >= 11 is 0. The molecule has 0 aromatic carbocycles. The van der Waals surface area contributed by atoms with Gasteiger partial charge in [-0.2, -0.15) is 4.31 Å². The number of phosphoric acid groups is 2. The zero-order chi connectivity index (χ0) is 28.0. The Morgan fingerprint density at radius 2 is 1.71 bits per heavy atom. The van der Waals surface area contributed by atoms with Crippen LogP contribution in [0.25, 0.3) is 11.2 Å². The molecule has 4 rings (SSSR count). The molecule has 0 spiro atoms. The van der Waals surface area contributed by atoms with Crippen LogP contribution in [0.1, 0.15) is 12.6 Å². The van der Waals surface area contributed by atoms with Crippen molar-refractivity contribution in [3.63, 3.8) is 0 Å². The second-order valence-corrected chi connectivity index (χ2v) is 11.7. The van der Waals surface area contributed by atoms with Crippen molar-refractivity contribution in [2.75, 3.05) is 18.9 Å². The first-order valence-electron chi connectivity index (χ1n) is 11.0. The minimum Gasteiger partial charge on any atom is -0.396 e. The maximum Gasteiger partial charge on any atom is 0.481 e. The molecule has 1 saturated heterocycles. The lowest BCUT2D eigenvalue weighted by Gasteiger charge is -2.39. The molecule has 1 saturated carbocycles. The fraction of sp³-hybridized carbons (Fsp3) is 0.706. The average Bonchev–Trinajstić information content (AvgIpc) is 3.39. The number of nitrogens with zero attached hydrogens (tertiary/aromatic N) is 4. The van der Waals surface area contributed by atoms with Crippen LogP contribution in [-0.4, -0.2) is 116 Å². The van der Waals surface area contributed by atoms with Crippen molar-refractivity contribution in [2.45, 2.75) is 55.4 Å². The van der Waals surface area contributed by atoms with E-state index < -0.39 is 90.2 Å². The molecule has 2 aliphatic rings. The van der Waals surface area contributed by atoms with E-state index in [2.05, 4.69) is 23.8 Å². The fourth-order valence-electron chi connectivity index (χ4n) is 4.23. The number of hydrogen-bond donors (Lipinski definition) is 9. The van der Waals surface area contributed by atoms with Crippen LogP contribution in [0, 0.1) is 5.92 Å². The van der Waals surface area contributed by atoms with Crippen LogP contribution in [0.15, 0.2) is 12.7 Å². The van der Waals surface area contributed by atoms with Crippen molar-refractivity contribution in [3.05, 3.63) is 12.7 Å². The maximum atomic E-state index is 12.3. The Hall–Kier alpha value is -1.67. The van der Waals surface area contributed by atoms with Crippen LogP contribution in [0.4, 0.5) is 5.82 Å². The van der Waals surface area contributed by atoms with Gasteiger partial charge in [0.25, 0.3) is 0 Å². The molecule has 0 radical (unpaired) electrons. The van der Waals surface area contributed by atoms with Crippen molar-refractivity contribution < 1.29 is 67.7 Å². The quantitative estimate of drug-likeness (QED) is 0.130. The molecule has 1 aliphatic heterocycles. The molecular formula is C17H27N5O14P2. The minimum atomic E-state index is -5.44. The van der Waals surface area contributed by atoms with Crippen LogP contribution in [-0.2, 0) is 27.2 Å². The standard InChI is InChI=1S/C17H27N5O14P2/c18-15-9-16(20-4-19-15)22(5-21-9)17-14(28)12(26)8(34-17)3-33-37(29,30)36-38(31,32)35-7-1-6(2-23)10(24)13(27)11(7)25/h4-8,10-14,17,23-28H,1-3H2,(H,29,30)(H,31,32)(H2,18,19,20)/t6-,7+,8-,10-,11+,12-,13+,14-,17-/m1/s1. The molecule has 2 aromatic heterocycles. The van der Waals surface area contributed by atoms with Gasteiger partial charge in [-0.05, 0) is 6.42 Å². The molecule has 214 valence electrons. The largest absolute Gasteiger partial charge is 0.481 e. The van der Waals surface area contributed by atoms with E-state index >= 15 is 0 Å². The number of hydrogen-bond acceptors (Lipinski definition) is 16. The van der Waals surface area contributed by atoms with Crippen molar-refractivity contribution in [3.8, 4) is 0 Å². The fourth-order valence-corrected chi connectivity index (χ4v) is 6.50. The van der Waals surface area contributed by atoms with E-state index in [0.717, 1.165) is 6.33 Å². The number of imidazole rings is 1. The molecular weight excluding hydrogens is 560 g/mol. The van der Waals surface area contributed by atoms with Gasteiger partial charge in [0.1, 0.15) is 42.4 Å². The lowest BCUT2D eigenvalue weighted by molar-refractivity contribution is -0.160. The van der Waals surface area contributed by atoms with E-state index in [9.17, 15) is 49.6 Å². The van der Waals surface area contributed by atoms with Crippen molar-refractivity contribution in [2.24, 2.45) is 5.92 Å². The second-order valence-electron chi connectivity index (χ2n) is 8.74. The summed E-state index contributed by atoms with van der Waals surface area (Å²) in [5.41, 5.74) is 6.08. The van der Waals surface area contributed by atoms with E-state index in [1.165, 1.54) is 10.9 Å². The number of aliphatic hydroxyl groups excluding tert-OH is 6. The summed E-state index contributed by atoms with van der Waals surface area (Å²) in [4.78, 5) is 31.7.